The molecule has 0 amide bonds. The highest BCUT2D eigenvalue weighted by atomic mass is 16.3. The first-order valence-corrected chi connectivity index (χ1v) is 5.93. The van der Waals surface area contributed by atoms with Gasteiger partial charge in [0.15, 0.2) is 0 Å². The summed E-state index contributed by atoms with van der Waals surface area (Å²) in [5, 5.41) is 9.02. The van der Waals surface area contributed by atoms with Gasteiger partial charge in [-0.15, -0.1) is 0 Å². The van der Waals surface area contributed by atoms with Gasteiger partial charge in [-0.25, -0.2) is 4.98 Å². The number of rotatable bonds is 3. The molecule has 2 rings (SSSR count). The second kappa shape index (κ2) is 4.35. The number of aromatic nitrogens is 2. The van der Waals surface area contributed by atoms with Gasteiger partial charge < -0.3 is 9.67 Å². The summed E-state index contributed by atoms with van der Waals surface area (Å²) in [4.78, 5) is 4.68. The monoisotopic (exact) mass is 208 g/mol. The predicted molar refractivity (Wildman–Crippen MR) is 60.0 cm³/mol. The summed E-state index contributed by atoms with van der Waals surface area (Å²) in [5.41, 5.74) is 2.50. The van der Waals surface area contributed by atoms with Crippen LogP contribution in [0.25, 0.3) is 0 Å². The lowest BCUT2D eigenvalue weighted by Crippen LogP contribution is -2.14. The van der Waals surface area contributed by atoms with E-state index in [0.29, 0.717) is 12.3 Å². The topological polar surface area (TPSA) is 38.1 Å². The fraction of sp³-hybridized carbons (Fsp3) is 0.750. The Hall–Kier alpha value is -0.830. The summed E-state index contributed by atoms with van der Waals surface area (Å²) in [7, 11) is 0. The van der Waals surface area contributed by atoms with Crippen molar-refractivity contribution in [1.29, 1.82) is 0 Å². The minimum atomic E-state index is 0.210. The molecule has 3 nitrogen and oxygen atoms in total. The minimum Gasteiger partial charge on any atom is -0.396 e. The van der Waals surface area contributed by atoms with Gasteiger partial charge in [0.05, 0.1) is 5.69 Å². The van der Waals surface area contributed by atoms with Crippen molar-refractivity contribution < 1.29 is 5.11 Å². The van der Waals surface area contributed by atoms with Crippen LogP contribution < -0.4 is 0 Å². The zero-order valence-electron chi connectivity index (χ0n) is 9.66. The molecule has 0 aromatic carbocycles. The number of imidazole rings is 1. The third kappa shape index (κ3) is 1.93. The first kappa shape index (κ1) is 10.7. The largest absolute Gasteiger partial charge is 0.396 e. The first-order valence-electron chi connectivity index (χ1n) is 5.93. The number of hydrogen-bond donors (Lipinski definition) is 1. The molecule has 3 heteroatoms. The van der Waals surface area contributed by atoms with E-state index in [1.54, 1.807) is 0 Å². The highest BCUT2D eigenvalue weighted by Gasteiger charge is 2.20. The zero-order chi connectivity index (χ0) is 10.8. The number of fused-ring (bicyclic) bond motifs is 1. The van der Waals surface area contributed by atoms with Crippen LogP contribution in [0.3, 0.4) is 0 Å². The fourth-order valence-electron chi connectivity index (χ4n) is 2.40. The van der Waals surface area contributed by atoms with Crippen LogP contribution in [0.4, 0.5) is 0 Å². The van der Waals surface area contributed by atoms with Crippen LogP contribution in [0.2, 0.25) is 0 Å². The van der Waals surface area contributed by atoms with Gasteiger partial charge >= 0.3 is 0 Å². The van der Waals surface area contributed by atoms with E-state index in [0.717, 1.165) is 18.7 Å². The number of aliphatic hydroxyl groups excluding tert-OH is 1. The molecular weight excluding hydrogens is 188 g/mol. The van der Waals surface area contributed by atoms with Crippen molar-refractivity contribution in [2.24, 2.45) is 0 Å². The van der Waals surface area contributed by atoms with Crippen molar-refractivity contribution in [3.63, 3.8) is 0 Å². The lowest BCUT2D eigenvalue weighted by atomic mass is 10.1. The molecule has 84 valence electrons. The fourth-order valence-corrected chi connectivity index (χ4v) is 2.40. The molecular formula is C12H20N2O. The molecule has 0 unspecified atom stereocenters. The molecule has 0 saturated carbocycles. The highest BCUT2D eigenvalue weighted by molar-refractivity contribution is 5.21. The van der Waals surface area contributed by atoms with E-state index in [1.165, 1.54) is 24.4 Å². The molecule has 2 heterocycles. The Balaban J connectivity index is 2.40. The van der Waals surface area contributed by atoms with Crippen LogP contribution in [0.1, 0.15) is 49.8 Å². The summed E-state index contributed by atoms with van der Waals surface area (Å²) < 4.78 is 2.37. The summed E-state index contributed by atoms with van der Waals surface area (Å²) in [6, 6.07) is 0. The van der Waals surface area contributed by atoms with Crippen molar-refractivity contribution >= 4 is 0 Å². The predicted octanol–water partition coefficient (Wildman–Crippen LogP) is 1.88. The summed E-state index contributed by atoms with van der Waals surface area (Å²) in [6.45, 7) is 5.70. The molecule has 0 fully saturated rings. The van der Waals surface area contributed by atoms with Crippen molar-refractivity contribution in [2.75, 3.05) is 6.61 Å². The van der Waals surface area contributed by atoms with Gasteiger partial charge in [0, 0.05) is 31.2 Å². The van der Waals surface area contributed by atoms with Gasteiger partial charge in [0.25, 0.3) is 0 Å². The van der Waals surface area contributed by atoms with E-state index in [2.05, 4.69) is 23.4 Å². The quantitative estimate of drug-likeness (QED) is 0.823. The van der Waals surface area contributed by atoms with Gasteiger partial charge in [0.2, 0.25) is 0 Å². The van der Waals surface area contributed by atoms with Crippen molar-refractivity contribution in [1.82, 2.24) is 9.55 Å². The number of hydrogen-bond acceptors (Lipinski definition) is 2. The van der Waals surface area contributed by atoms with Gasteiger partial charge in [-0.1, -0.05) is 13.8 Å². The lowest BCUT2D eigenvalue weighted by Gasteiger charge is -2.18. The minimum absolute atomic E-state index is 0.210. The summed E-state index contributed by atoms with van der Waals surface area (Å²) >= 11 is 0. The van der Waals surface area contributed by atoms with E-state index in [9.17, 15) is 0 Å². The smallest absolute Gasteiger partial charge is 0.111 e. The van der Waals surface area contributed by atoms with Crippen LogP contribution in [0.5, 0.6) is 0 Å². The summed E-state index contributed by atoms with van der Waals surface area (Å²) in [6.07, 6.45) is 4.38. The zero-order valence-corrected chi connectivity index (χ0v) is 9.66. The number of nitrogens with zero attached hydrogens (tertiary/aromatic N) is 2. The van der Waals surface area contributed by atoms with Crippen molar-refractivity contribution in [3.05, 3.63) is 17.2 Å². The van der Waals surface area contributed by atoms with Gasteiger partial charge in [-0.2, -0.15) is 0 Å². The van der Waals surface area contributed by atoms with Gasteiger partial charge in [-0.3, -0.25) is 0 Å². The second-order valence-electron chi connectivity index (χ2n) is 4.60. The molecule has 0 saturated heterocycles. The van der Waals surface area contributed by atoms with Gasteiger partial charge in [-0.05, 0) is 19.3 Å². The Kier molecular flexibility index (Phi) is 3.10. The summed E-state index contributed by atoms with van der Waals surface area (Å²) in [5.74, 6) is 1.68. The molecule has 0 aliphatic carbocycles. The maximum absolute atomic E-state index is 9.02. The van der Waals surface area contributed by atoms with E-state index in [1.807, 2.05) is 0 Å². The van der Waals surface area contributed by atoms with Gasteiger partial charge in [0.1, 0.15) is 5.82 Å². The molecule has 1 aliphatic rings. The third-order valence-electron chi connectivity index (χ3n) is 3.10. The number of aliphatic hydroxyl groups is 1. The average molecular weight is 208 g/mol. The lowest BCUT2D eigenvalue weighted by molar-refractivity contribution is 0.297. The van der Waals surface area contributed by atoms with E-state index in [4.69, 9.17) is 5.11 Å². The Morgan fingerprint density at radius 1 is 1.40 bits per heavy atom. The molecule has 0 radical (unpaired) electrons. The van der Waals surface area contributed by atoms with Crippen molar-refractivity contribution in [2.45, 2.75) is 52.0 Å². The second-order valence-corrected chi connectivity index (χ2v) is 4.60. The maximum Gasteiger partial charge on any atom is 0.111 e. The Morgan fingerprint density at radius 2 is 2.20 bits per heavy atom. The molecule has 1 N–H and O–H groups in total. The normalized spacial score (nSPS) is 15.7. The Bertz CT molecular complexity index is 342. The van der Waals surface area contributed by atoms with Crippen LogP contribution in [0, 0.1) is 0 Å². The molecule has 1 aliphatic heterocycles. The molecule has 0 bridgehead atoms. The van der Waals surface area contributed by atoms with E-state index >= 15 is 0 Å². The molecule has 1 aromatic rings. The van der Waals surface area contributed by atoms with Crippen molar-refractivity contribution in [3.8, 4) is 0 Å². The van der Waals surface area contributed by atoms with Crippen LogP contribution in [-0.2, 0) is 19.4 Å². The third-order valence-corrected chi connectivity index (χ3v) is 3.10. The molecule has 15 heavy (non-hydrogen) atoms. The molecule has 0 atom stereocenters. The van der Waals surface area contributed by atoms with Crippen LogP contribution in [-0.4, -0.2) is 21.3 Å². The van der Waals surface area contributed by atoms with Crippen LogP contribution in [0.15, 0.2) is 0 Å². The van der Waals surface area contributed by atoms with Crippen LogP contribution >= 0.6 is 0 Å². The molecule has 1 aromatic heterocycles. The standard InChI is InChI=1S/C12H20N2O/c1-9(2)12-13-10(6-8-15)11-5-3-4-7-14(11)12/h9,15H,3-8H2,1-2H3. The average Bonchev–Trinajstić information content (AvgIpc) is 2.59. The van der Waals surface area contributed by atoms with E-state index < -0.39 is 0 Å². The SMILES string of the molecule is CC(C)c1nc(CCO)c2n1CCCC2. The first-order chi connectivity index (χ1) is 7.24. The van der Waals surface area contributed by atoms with E-state index in [-0.39, 0.29) is 6.61 Å². The molecule has 0 spiro atoms. The highest BCUT2D eigenvalue weighted by Crippen LogP contribution is 2.25. The Morgan fingerprint density at radius 3 is 2.87 bits per heavy atom. The maximum atomic E-state index is 9.02. The Labute approximate surface area is 91.1 Å².